The Bertz CT molecular complexity index is 600. The molecule has 0 atom stereocenters. The van der Waals surface area contributed by atoms with Gasteiger partial charge in [-0.1, -0.05) is 0 Å². The summed E-state index contributed by atoms with van der Waals surface area (Å²) in [7, 11) is 0. The van der Waals surface area contributed by atoms with Gasteiger partial charge in [-0.2, -0.15) is 0 Å². The van der Waals surface area contributed by atoms with E-state index in [1.807, 2.05) is 30.3 Å². The van der Waals surface area contributed by atoms with Crippen LogP contribution >= 0.6 is 0 Å². The van der Waals surface area contributed by atoms with E-state index in [9.17, 15) is 13.6 Å². The topological polar surface area (TPSA) is 37.3 Å². The molecule has 0 heterocycles. The predicted molar refractivity (Wildman–Crippen MR) is 68.9 cm³/mol. The minimum atomic E-state index is -1.24. The number of aromatic carboxylic acids is 1. The van der Waals surface area contributed by atoms with Crippen molar-refractivity contribution in [1.29, 1.82) is 0 Å². The third kappa shape index (κ3) is 3.19. The average Bonchev–Trinajstić information content (AvgIpc) is 2.41. The van der Waals surface area contributed by atoms with E-state index in [0.29, 0.717) is 0 Å². The van der Waals surface area contributed by atoms with Crippen LogP contribution in [-0.2, 0) is 5.32 Å². The van der Waals surface area contributed by atoms with Crippen molar-refractivity contribution in [2.45, 2.75) is 5.32 Å². The number of carboxylic acids is 1. The first-order valence-electron chi connectivity index (χ1n) is 5.47. The van der Waals surface area contributed by atoms with Crippen LogP contribution in [0.2, 0.25) is 0 Å². The molecule has 0 aromatic heterocycles. The van der Waals surface area contributed by atoms with Crippen LogP contribution in [0.25, 0.3) is 0 Å². The van der Waals surface area contributed by atoms with Crippen LogP contribution in [0.1, 0.15) is 15.9 Å². The van der Waals surface area contributed by atoms with Crippen molar-refractivity contribution in [3.63, 3.8) is 0 Å². The van der Waals surface area contributed by atoms with Crippen molar-refractivity contribution >= 4 is 25.4 Å². The summed E-state index contributed by atoms with van der Waals surface area (Å²) in [6.45, 7) is 0. The molecular formula is C14H10F2O2Se. The molecule has 0 bridgehead atoms. The molecule has 2 aromatic rings. The van der Waals surface area contributed by atoms with E-state index in [1.165, 1.54) is 0 Å². The van der Waals surface area contributed by atoms with Crippen molar-refractivity contribution in [3.05, 3.63) is 65.2 Å². The number of hydrogen-bond donors (Lipinski definition) is 1. The summed E-state index contributed by atoms with van der Waals surface area (Å²) in [4.78, 5) is 11.0. The molecule has 2 rings (SSSR count). The number of carboxylic acid groups (broad SMARTS) is 1. The molecule has 0 fully saturated rings. The number of benzene rings is 2. The number of rotatable bonds is 4. The van der Waals surface area contributed by atoms with Crippen LogP contribution in [0.5, 0.6) is 0 Å². The average molecular weight is 327 g/mol. The third-order valence-corrected chi connectivity index (χ3v) is 4.73. The normalized spacial score (nSPS) is 10.4. The van der Waals surface area contributed by atoms with Crippen LogP contribution in [0.15, 0.2) is 42.5 Å². The summed E-state index contributed by atoms with van der Waals surface area (Å²) < 4.78 is 27.9. The quantitative estimate of drug-likeness (QED) is 0.874. The molecule has 0 unspecified atom stereocenters. The first kappa shape index (κ1) is 13.7. The minimum absolute atomic E-state index is 0.0589. The molecular weight excluding hydrogens is 317 g/mol. The maximum absolute atomic E-state index is 13.7. The molecule has 0 saturated carbocycles. The Balaban J connectivity index is 2.28. The summed E-state index contributed by atoms with van der Waals surface area (Å²) in [5.74, 6) is -3.31. The summed E-state index contributed by atoms with van der Waals surface area (Å²) in [5, 5.41) is 9.21. The summed E-state index contributed by atoms with van der Waals surface area (Å²) in [5.41, 5.74) is -0.229. The Hall–Kier alpha value is -1.71. The van der Waals surface area contributed by atoms with E-state index in [4.69, 9.17) is 5.11 Å². The molecule has 0 aliphatic carbocycles. The second kappa shape index (κ2) is 5.95. The molecule has 1 N–H and O–H groups in total. The van der Waals surface area contributed by atoms with Gasteiger partial charge in [0, 0.05) is 0 Å². The molecule has 98 valence electrons. The molecule has 0 aliphatic rings. The van der Waals surface area contributed by atoms with Gasteiger partial charge in [0.05, 0.1) is 0 Å². The first-order valence-corrected chi connectivity index (χ1v) is 7.54. The summed E-state index contributed by atoms with van der Waals surface area (Å²) in [6.07, 6.45) is 0. The van der Waals surface area contributed by atoms with Gasteiger partial charge in [-0.15, -0.1) is 0 Å². The summed E-state index contributed by atoms with van der Waals surface area (Å²) in [6, 6.07) is 11.3. The number of halogens is 2. The molecule has 0 amide bonds. The van der Waals surface area contributed by atoms with Crippen molar-refractivity contribution in [1.82, 2.24) is 0 Å². The molecule has 5 heteroatoms. The maximum atomic E-state index is 13.7. The molecule has 0 saturated heterocycles. The summed E-state index contributed by atoms with van der Waals surface area (Å²) >= 11 is -0.139. The van der Waals surface area contributed by atoms with Gasteiger partial charge in [0.2, 0.25) is 0 Å². The van der Waals surface area contributed by atoms with Gasteiger partial charge < -0.3 is 0 Å². The van der Waals surface area contributed by atoms with E-state index in [2.05, 4.69) is 0 Å². The van der Waals surface area contributed by atoms with Crippen molar-refractivity contribution < 1.29 is 18.7 Å². The van der Waals surface area contributed by atoms with Crippen molar-refractivity contribution in [3.8, 4) is 0 Å². The molecule has 0 spiro atoms. The SMILES string of the molecule is O=C(O)c1ccc(F)c(F)c1C[Se]c1ccccc1. The Morgan fingerprint density at radius 2 is 1.79 bits per heavy atom. The van der Waals surface area contributed by atoms with Gasteiger partial charge in [-0.25, -0.2) is 0 Å². The zero-order chi connectivity index (χ0) is 13.8. The Kier molecular flexibility index (Phi) is 4.30. The molecule has 2 nitrogen and oxygen atoms in total. The van der Waals surface area contributed by atoms with E-state index in [-0.39, 0.29) is 31.4 Å². The fourth-order valence-electron chi connectivity index (χ4n) is 1.61. The zero-order valence-electron chi connectivity index (χ0n) is 9.77. The number of hydrogen-bond acceptors (Lipinski definition) is 1. The third-order valence-electron chi connectivity index (χ3n) is 2.55. The number of carbonyl (C=O) groups is 1. The van der Waals surface area contributed by atoms with Gasteiger partial charge in [0.15, 0.2) is 0 Å². The van der Waals surface area contributed by atoms with Crippen LogP contribution < -0.4 is 4.46 Å². The van der Waals surface area contributed by atoms with E-state index in [0.717, 1.165) is 16.6 Å². The Morgan fingerprint density at radius 1 is 1.11 bits per heavy atom. The van der Waals surface area contributed by atoms with Crippen molar-refractivity contribution in [2.75, 3.05) is 0 Å². The van der Waals surface area contributed by atoms with E-state index < -0.39 is 17.6 Å². The Labute approximate surface area is 115 Å². The first-order chi connectivity index (χ1) is 9.09. The van der Waals surface area contributed by atoms with Gasteiger partial charge in [0.25, 0.3) is 0 Å². The van der Waals surface area contributed by atoms with Crippen LogP contribution in [0, 0.1) is 11.6 Å². The van der Waals surface area contributed by atoms with Crippen LogP contribution in [-0.4, -0.2) is 26.0 Å². The molecule has 2 aromatic carbocycles. The molecule has 0 aliphatic heterocycles. The fraction of sp³-hybridized carbons (Fsp3) is 0.0714. The molecule has 0 radical (unpaired) electrons. The monoisotopic (exact) mass is 328 g/mol. The molecule has 19 heavy (non-hydrogen) atoms. The van der Waals surface area contributed by atoms with E-state index in [1.54, 1.807) is 0 Å². The fourth-order valence-corrected chi connectivity index (χ4v) is 3.58. The predicted octanol–water partition coefficient (Wildman–Crippen LogP) is 2.19. The van der Waals surface area contributed by atoms with Gasteiger partial charge in [-0.3, -0.25) is 0 Å². The van der Waals surface area contributed by atoms with Crippen LogP contribution in [0.4, 0.5) is 8.78 Å². The zero-order valence-corrected chi connectivity index (χ0v) is 11.5. The Morgan fingerprint density at radius 3 is 2.42 bits per heavy atom. The second-order valence-corrected chi connectivity index (χ2v) is 5.99. The van der Waals surface area contributed by atoms with Gasteiger partial charge in [0.1, 0.15) is 0 Å². The van der Waals surface area contributed by atoms with E-state index >= 15 is 0 Å². The standard InChI is InChI=1S/C14H10F2O2Se/c15-12-7-6-10(14(17)18)11(13(12)16)8-19-9-4-2-1-3-5-9/h1-7H,8H2,(H,17,18). The van der Waals surface area contributed by atoms with Crippen LogP contribution in [0.3, 0.4) is 0 Å². The van der Waals surface area contributed by atoms with Gasteiger partial charge >= 0.3 is 115 Å². The second-order valence-electron chi connectivity index (χ2n) is 3.79. The van der Waals surface area contributed by atoms with Gasteiger partial charge in [-0.05, 0) is 0 Å². The van der Waals surface area contributed by atoms with Crippen molar-refractivity contribution in [2.24, 2.45) is 0 Å².